The highest BCUT2D eigenvalue weighted by atomic mass is 16.6. The fourth-order valence-corrected chi connectivity index (χ4v) is 6.52. The highest BCUT2D eigenvalue weighted by Gasteiger charge is 2.19. The van der Waals surface area contributed by atoms with E-state index in [1.54, 1.807) is 6.08 Å². The van der Waals surface area contributed by atoms with E-state index in [4.69, 9.17) is 14.2 Å². The van der Waals surface area contributed by atoms with Crippen molar-refractivity contribution in [2.45, 2.75) is 207 Å². The largest absolute Gasteiger partial charge is 0.462 e. The second-order valence-electron chi connectivity index (χ2n) is 16.7. The minimum atomic E-state index is -0.852. The molecule has 0 aromatic heterocycles. The van der Waals surface area contributed by atoms with Crippen molar-refractivity contribution in [2.75, 3.05) is 13.2 Å². The molecule has 67 heavy (non-hydrogen) atoms. The van der Waals surface area contributed by atoms with Crippen LogP contribution >= 0.6 is 0 Å². The van der Waals surface area contributed by atoms with Crippen molar-refractivity contribution in [3.05, 3.63) is 146 Å². The summed E-state index contributed by atoms with van der Waals surface area (Å²) < 4.78 is 16.7. The Morgan fingerprint density at radius 1 is 0.313 bits per heavy atom. The SMILES string of the molecule is CC/C=C\C/C=C\C/C=C\C/C=C\C/C=C\CC(=O)OC(COC(=O)CCCCCCC/C=C\C/C=C\C/C=C\CC)COC(=O)CCCCCCCC/C=C\C/C=C\C/C=C\C/C=C\CC. The van der Waals surface area contributed by atoms with Crippen molar-refractivity contribution < 1.29 is 28.6 Å². The quantitative estimate of drug-likeness (QED) is 0.0262. The van der Waals surface area contributed by atoms with Gasteiger partial charge in [-0.3, -0.25) is 14.4 Å². The summed E-state index contributed by atoms with van der Waals surface area (Å²) in [6, 6.07) is 0. The number of carbonyl (C=O) groups excluding carboxylic acids is 3. The molecule has 374 valence electrons. The van der Waals surface area contributed by atoms with E-state index in [2.05, 4.69) is 154 Å². The first-order valence-corrected chi connectivity index (χ1v) is 26.3. The highest BCUT2D eigenvalue weighted by Crippen LogP contribution is 2.12. The predicted molar refractivity (Wildman–Crippen MR) is 288 cm³/mol. The number of carbonyl (C=O) groups is 3. The van der Waals surface area contributed by atoms with Gasteiger partial charge < -0.3 is 14.2 Å². The third kappa shape index (κ3) is 52.1. The summed E-state index contributed by atoms with van der Waals surface area (Å²) in [4.78, 5) is 38.0. The predicted octanol–water partition coefficient (Wildman–Crippen LogP) is 17.6. The van der Waals surface area contributed by atoms with E-state index in [9.17, 15) is 14.4 Å². The van der Waals surface area contributed by atoms with E-state index in [-0.39, 0.29) is 31.6 Å². The Morgan fingerprint density at radius 3 is 0.910 bits per heavy atom. The topological polar surface area (TPSA) is 78.9 Å². The van der Waals surface area contributed by atoms with Crippen LogP contribution in [0.25, 0.3) is 0 Å². The van der Waals surface area contributed by atoms with Gasteiger partial charge in [-0.15, -0.1) is 0 Å². The van der Waals surface area contributed by atoms with Gasteiger partial charge in [0.25, 0.3) is 0 Å². The van der Waals surface area contributed by atoms with Crippen LogP contribution in [0.1, 0.15) is 201 Å². The van der Waals surface area contributed by atoms with E-state index in [1.807, 2.05) is 6.08 Å². The summed E-state index contributed by atoms with van der Waals surface area (Å²) in [5.74, 6) is -1.11. The van der Waals surface area contributed by atoms with Gasteiger partial charge >= 0.3 is 17.9 Å². The molecule has 1 atom stereocenters. The van der Waals surface area contributed by atoms with Crippen molar-refractivity contribution in [1.29, 1.82) is 0 Å². The first-order valence-electron chi connectivity index (χ1n) is 26.3. The Balaban J connectivity index is 4.57. The third-order valence-corrected chi connectivity index (χ3v) is 10.4. The van der Waals surface area contributed by atoms with Crippen LogP contribution in [0.4, 0.5) is 0 Å². The zero-order valence-electron chi connectivity index (χ0n) is 42.6. The lowest BCUT2D eigenvalue weighted by Crippen LogP contribution is -2.30. The number of rotatable bonds is 45. The minimum absolute atomic E-state index is 0.0825. The fourth-order valence-electron chi connectivity index (χ4n) is 6.52. The Morgan fingerprint density at radius 2 is 0.582 bits per heavy atom. The van der Waals surface area contributed by atoms with Gasteiger partial charge in [0.1, 0.15) is 13.2 Å². The molecule has 0 heterocycles. The van der Waals surface area contributed by atoms with Crippen LogP contribution in [0.3, 0.4) is 0 Å². The number of unbranched alkanes of at least 4 members (excludes halogenated alkanes) is 11. The Labute approximate surface area is 410 Å². The summed E-state index contributed by atoms with van der Waals surface area (Å²) in [7, 11) is 0. The molecule has 0 aromatic carbocycles. The van der Waals surface area contributed by atoms with Crippen molar-refractivity contribution in [2.24, 2.45) is 0 Å². The summed E-state index contributed by atoms with van der Waals surface area (Å²) >= 11 is 0. The van der Waals surface area contributed by atoms with Gasteiger partial charge in [-0.25, -0.2) is 0 Å². The van der Waals surface area contributed by atoms with Gasteiger partial charge in [0.05, 0.1) is 6.42 Å². The lowest BCUT2D eigenvalue weighted by atomic mass is 10.1. The van der Waals surface area contributed by atoms with Crippen LogP contribution in [-0.4, -0.2) is 37.2 Å². The number of ether oxygens (including phenoxy) is 3. The lowest BCUT2D eigenvalue weighted by molar-refractivity contribution is -0.166. The normalized spacial score (nSPS) is 13.3. The van der Waals surface area contributed by atoms with E-state index >= 15 is 0 Å². The van der Waals surface area contributed by atoms with Crippen molar-refractivity contribution in [3.63, 3.8) is 0 Å². The number of hydrogen-bond acceptors (Lipinski definition) is 6. The van der Waals surface area contributed by atoms with Gasteiger partial charge in [0.15, 0.2) is 6.10 Å². The van der Waals surface area contributed by atoms with Crippen LogP contribution in [0.2, 0.25) is 0 Å². The molecule has 0 aliphatic rings. The minimum Gasteiger partial charge on any atom is -0.462 e. The van der Waals surface area contributed by atoms with E-state index in [0.29, 0.717) is 19.3 Å². The van der Waals surface area contributed by atoms with E-state index in [0.717, 1.165) is 141 Å². The second kappa shape index (κ2) is 53.9. The molecule has 0 saturated heterocycles. The first-order chi connectivity index (χ1) is 33.0. The van der Waals surface area contributed by atoms with E-state index < -0.39 is 12.1 Å². The lowest BCUT2D eigenvalue weighted by Gasteiger charge is -2.18. The van der Waals surface area contributed by atoms with Crippen LogP contribution in [-0.2, 0) is 28.6 Å². The second-order valence-corrected chi connectivity index (χ2v) is 16.7. The summed E-state index contributed by atoms with van der Waals surface area (Å²) in [5, 5.41) is 0. The smallest absolute Gasteiger partial charge is 0.310 e. The van der Waals surface area contributed by atoms with Gasteiger partial charge in [0.2, 0.25) is 0 Å². The van der Waals surface area contributed by atoms with Gasteiger partial charge in [0, 0.05) is 12.8 Å². The molecule has 0 spiro atoms. The molecule has 0 bridgehead atoms. The molecule has 0 aliphatic heterocycles. The zero-order valence-corrected chi connectivity index (χ0v) is 42.6. The van der Waals surface area contributed by atoms with Crippen LogP contribution in [0, 0.1) is 0 Å². The molecule has 0 N–H and O–H groups in total. The molecule has 0 rings (SSSR count). The molecule has 1 unspecified atom stereocenters. The molecular formula is C61H94O6. The Hall–Kier alpha value is -4.71. The summed E-state index contributed by atoms with van der Waals surface area (Å²) in [5.41, 5.74) is 0. The number of esters is 3. The van der Waals surface area contributed by atoms with Crippen molar-refractivity contribution >= 4 is 17.9 Å². The maximum atomic E-state index is 12.8. The van der Waals surface area contributed by atoms with Crippen LogP contribution in [0.15, 0.2) is 146 Å². The average Bonchev–Trinajstić information content (AvgIpc) is 3.33. The molecule has 0 aliphatic carbocycles. The van der Waals surface area contributed by atoms with Gasteiger partial charge in [-0.1, -0.05) is 212 Å². The molecule has 0 radical (unpaired) electrons. The van der Waals surface area contributed by atoms with Crippen molar-refractivity contribution in [1.82, 2.24) is 0 Å². The Kier molecular flexibility index (Phi) is 50.1. The average molecular weight is 923 g/mol. The fraction of sp³-hybridized carbons (Fsp3) is 0.557. The van der Waals surface area contributed by atoms with Crippen LogP contribution < -0.4 is 0 Å². The monoisotopic (exact) mass is 923 g/mol. The van der Waals surface area contributed by atoms with Crippen molar-refractivity contribution in [3.8, 4) is 0 Å². The molecule has 0 fully saturated rings. The summed E-state index contributed by atoms with van der Waals surface area (Å²) in [6.07, 6.45) is 77.1. The maximum absolute atomic E-state index is 12.8. The van der Waals surface area contributed by atoms with Gasteiger partial charge in [-0.05, 0) is 116 Å². The molecule has 0 aromatic rings. The first kappa shape index (κ1) is 62.3. The summed E-state index contributed by atoms with van der Waals surface area (Å²) in [6.45, 7) is 6.16. The Bertz CT molecular complexity index is 1530. The standard InChI is InChI=1S/C61H94O6/c1-4-7-10-13-16-19-22-25-28-29-30-31-34-36-39-42-45-48-51-54-60(63)66-57-58(67-61(64)55-52-49-46-43-40-37-33-27-24-21-18-15-12-9-6-3)56-65-59(62)53-50-47-44-41-38-35-32-26-23-20-17-14-11-8-5-2/h7-12,16-21,25-28,30-33,40,43,49,52,58H,4-6,13-15,22-24,29,34-39,41-42,44-48,50-51,53-57H2,1-3H3/b10-7-,11-8-,12-9-,19-16-,20-17-,21-18-,28-25-,31-30-,32-26-,33-27-,43-40-,52-49-. The highest BCUT2D eigenvalue weighted by molar-refractivity contribution is 5.72. The molecule has 0 saturated carbocycles. The maximum Gasteiger partial charge on any atom is 0.310 e. The molecular weight excluding hydrogens is 829 g/mol. The van der Waals surface area contributed by atoms with Gasteiger partial charge in [-0.2, -0.15) is 0 Å². The number of hydrogen-bond donors (Lipinski definition) is 0. The number of allylic oxidation sites excluding steroid dienone is 23. The molecule has 6 heteroatoms. The molecule has 6 nitrogen and oxygen atoms in total. The van der Waals surface area contributed by atoms with E-state index in [1.165, 1.54) is 12.8 Å². The zero-order chi connectivity index (χ0) is 48.6. The molecule has 0 amide bonds. The van der Waals surface area contributed by atoms with Crippen LogP contribution in [0.5, 0.6) is 0 Å². The third-order valence-electron chi connectivity index (χ3n) is 10.4.